The van der Waals surface area contributed by atoms with Gasteiger partial charge in [-0.2, -0.15) is 0 Å². The van der Waals surface area contributed by atoms with E-state index in [1.807, 2.05) is 78.9 Å². The van der Waals surface area contributed by atoms with Gasteiger partial charge in [-0.25, -0.2) is 0 Å². The first-order chi connectivity index (χ1) is 10.7. The molecule has 1 heteroatoms. The molecule has 2 aromatic rings. The number of rotatable bonds is 6. The highest BCUT2D eigenvalue weighted by atomic mass is 14.8. The van der Waals surface area contributed by atoms with Gasteiger partial charge in [-0.3, -0.25) is 0 Å². The zero-order chi connectivity index (χ0) is 15.8. The molecule has 0 atom stereocenters. The molecular formula is C21H21N. The largest absolute Gasteiger partial charge is 0.314 e. The first kappa shape index (κ1) is 15.7. The molecule has 1 nitrogen and oxygen atoms in total. The Balaban J connectivity index is 2.70. The Morgan fingerprint density at radius 3 is 1.73 bits per heavy atom. The fourth-order valence-corrected chi connectivity index (χ4v) is 2.52. The van der Waals surface area contributed by atoms with Crippen LogP contribution in [0.1, 0.15) is 11.1 Å². The van der Waals surface area contributed by atoms with Crippen LogP contribution in [0.4, 0.5) is 0 Å². The minimum Gasteiger partial charge on any atom is -0.314 e. The van der Waals surface area contributed by atoms with E-state index >= 15 is 0 Å². The third kappa shape index (κ3) is 3.16. The summed E-state index contributed by atoms with van der Waals surface area (Å²) in [4.78, 5) is 0. The van der Waals surface area contributed by atoms with Gasteiger partial charge in [-0.15, -0.1) is 0 Å². The van der Waals surface area contributed by atoms with Crippen LogP contribution in [-0.4, -0.2) is 0 Å². The summed E-state index contributed by atoms with van der Waals surface area (Å²) >= 11 is 0. The predicted molar refractivity (Wildman–Crippen MR) is 95.5 cm³/mol. The minimum atomic E-state index is -0.740. The van der Waals surface area contributed by atoms with Gasteiger partial charge in [0.15, 0.2) is 0 Å². The Labute approximate surface area is 132 Å². The van der Waals surface area contributed by atoms with E-state index in [2.05, 4.69) is 13.2 Å². The van der Waals surface area contributed by atoms with Gasteiger partial charge >= 0.3 is 0 Å². The van der Waals surface area contributed by atoms with Gasteiger partial charge in [0.1, 0.15) is 0 Å². The molecular weight excluding hydrogens is 266 g/mol. The van der Waals surface area contributed by atoms with E-state index in [4.69, 9.17) is 5.73 Å². The summed E-state index contributed by atoms with van der Waals surface area (Å²) in [5.41, 5.74) is 9.19. The number of allylic oxidation sites excluding steroid dienone is 4. The second-order valence-electron chi connectivity index (χ2n) is 4.99. The van der Waals surface area contributed by atoms with Crippen LogP contribution < -0.4 is 5.73 Å². The van der Waals surface area contributed by atoms with Gasteiger partial charge in [0.2, 0.25) is 0 Å². The van der Waals surface area contributed by atoms with Crippen LogP contribution in [0.3, 0.4) is 0 Å². The number of nitrogens with two attached hydrogens (primary N) is 1. The summed E-state index contributed by atoms with van der Waals surface area (Å²) in [6.45, 7) is 7.56. The average molecular weight is 287 g/mol. The van der Waals surface area contributed by atoms with Crippen molar-refractivity contribution in [3.8, 4) is 0 Å². The van der Waals surface area contributed by atoms with Crippen LogP contribution in [0.25, 0.3) is 0 Å². The van der Waals surface area contributed by atoms with Crippen molar-refractivity contribution < 1.29 is 0 Å². The maximum absolute atomic E-state index is 6.91. The molecule has 22 heavy (non-hydrogen) atoms. The zero-order valence-corrected chi connectivity index (χ0v) is 12.7. The van der Waals surface area contributed by atoms with Crippen LogP contribution in [0.2, 0.25) is 0 Å². The first-order valence-electron chi connectivity index (χ1n) is 7.25. The molecule has 0 aliphatic carbocycles. The highest BCUT2D eigenvalue weighted by Gasteiger charge is 2.32. The van der Waals surface area contributed by atoms with Crippen LogP contribution in [-0.2, 0) is 5.54 Å². The fourth-order valence-electron chi connectivity index (χ4n) is 2.52. The standard InChI is InChI=1S/C21H21N/c1-3-5-13-18(12-4-2)21(22,19-14-8-6-9-15-19)20-16-10-7-11-17-20/h3-17H,1-2,22H2/b13-5-,18-12+. The normalized spacial score (nSPS) is 12.3. The summed E-state index contributed by atoms with van der Waals surface area (Å²) in [6, 6.07) is 20.2. The molecule has 0 aromatic heterocycles. The van der Waals surface area contributed by atoms with Crippen molar-refractivity contribution in [1.29, 1.82) is 0 Å². The number of hydrogen-bond donors (Lipinski definition) is 1. The molecule has 0 saturated heterocycles. The van der Waals surface area contributed by atoms with Crippen molar-refractivity contribution in [2.24, 2.45) is 5.73 Å². The lowest BCUT2D eigenvalue weighted by molar-refractivity contribution is 0.651. The third-order valence-corrected chi connectivity index (χ3v) is 3.62. The molecule has 0 bridgehead atoms. The van der Waals surface area contributed by atoms with Crippen LogP contribution >= 0.6 is 0 Å². The van der Waals surface area contributed by atoms with E-state index in [1.165, 1.54) is 0 Å². The SMILES string of the molecule is C=C/C=C\C(=C/C=C)C(N)(c1ccccc1)c1ccccc1. The van der Waals surface area contributed by atoms with E-state index in [0.29, 0.717) is 0 Å². The van der Waals surface area contributed by atoms with Crippen LogP contribution in [0, 0.1) is 0 Å². The van der Waals surface area contributed by atoms with Gasteiger partial charge < -0.3 is 5.73 Å². The lowest BCUT2D eigenvalue weighted by Gasteiger charge is -2.32. The lowest BCUT2D eigenvalue weighted by atomic mass is 9.77. The highest BCUT2D eigenvalue weighted by Crippen LogP contribution is 2.35. The maximum Gasteiger partial charge on any atom is 0.0922 e. The quantitative estimate of drug-likeness (QED) is 0.763. The summed E-state index contributed by atoms with van der Waals surface area (Å²) in [5.74, 6) is 0. The predicted octanol–water partition coefficient (Wildman–Crippen LogP) is 4.74. The molecule has 0 amide bonds. The smallest absolute Gasteiger partial charge is 0.0922 e. The van der Waals surface area contributed by atoms with Crippen molar-refractivity contribution in [3.63, 3.8) is 0 Å². The fraction of sp³-hybridized carbons (Fsp3) is 0.0476. The van der Waals surface area contributed by atoms with Gasteiger partial charge in [0, 0.05) is 0 Å². The topological polar surface area (TPSA) is 26.0 Å². The van der Waals surface area contributed by atoms with E-state index in [1.54, 1.807) is 12.2 Å². The monoisotopic (exact) mass is 287 g/mol. The Morgan fingerprint density at radius 1 is 0.818 bits per heavy atom. The Morgan fingerprint density at radius 2 is 1.32 bits per heavy atom. The van der Waals surface area contributed by atoms with Gasteiger partial charge in [-0.1, -0.05) is 104 Å². The summed E-state index contributed by atoms with van der Waals surface area (Å²) in [5, 5.41) is 0. The first-order valence-corrected chi connectivity index (χ1v) is 7.25. The maximum atomic E-state index is 6.91. The van der Waals surface area contributed by atoms with Crippen molar-refractivity contribution in [3.05, 3.63) is 121 Å². The molecule has 0 fully saturated rings. The van der Waals surface area contributed by atoms with Crippen molar-refractivity contribution in [1.82, 2.24) is 0 Å². The molecule has 2 aromatic carbocycles. The molecule has 110 valence electrons. The number of hydrogen-bond acceptors (Lipinski definition) is 1. The molecule has 0 aliphatic heterocycles. The zero-order valence-electron chi connectivity index (χ0n) is 12.7. The minimum absolute atomic E-state index is 0.740. The van der Waals surface area contributed by atoms with E-state index in [0.717, 1.165) is 16.7 Å². The van der Waals surface area contributed by atoms with E-state index in [9.17, 15) is 0 Å². The van der Waals surface area contributed by atoms with Gasteiger partial charge in [-0.05, 0) is 16.7 Å². The Bertz CT molecular complexity index is 639. The van der Waals surface area contributed by atoms with Crippen LogP contribution in [0.5, 0.6) is 0 Å². The molecule has 0 unspecified atom stereocenters. The molecule has 0 radical (unpaired) electrons. The molecule has 0 spiro atoms. The van der Waals surface area contributed by atoms with Crippen molar-refractivity contribution in [2.45, 2.75) is 5.54 Å². The second kappa shape index (κ2) is 7.39. The number of benzene rings is 2. The summed E-state index contributed by atoms with van der Waals surface area (Å²) in [6.07, 6.45) is 9.32. The van der Waals surface area contributed by atoms with Gasteiger partial charge in [0.05, 0.1) is 5.54 Å². The molecule has 2 rings (SSSR count). The van der Waals surface area contributed by atoms with Gasteiger partial charge in [0.25, 0.3) is 0 Å². The molecule has 0 heterocycles. The molecule has 2 N–H and O–H groups in total. The van der Waals surface area contributed by atoms with E-state index in [-0.39, 0.29) is 0 Å². The summed E-state index contributed by atoms with van der Waals surface area (Å²) < 4.78 is 0. The Kier molecular flexibility index (Phi) is 5.29. The Hall–Kier alpha value is -2.64. The second-order valence-corrected chi connectivity index (χ2v) is 4.99. The van der Waals surface area contributed by atoms with Crippen LogP contribution in [0.15, 0.2) is 110 Å². The lowest BCUT2D eigenvalue weighted by Crippen LogP contribution is -2.39. The van der Waals surface area contributed by atoms with E-state index < -0.39 is 5.54 Å². The average Bonchev–Trinajstić information content (AvgIpc) is 2.59. The summed E-state index contributed by atoms with van der Waals surface area (Å²) in [7, 11) is 0. The molecule has 0 saturated carbocycles. The third-order valence-electron chi connectivity index (χ3n) is 3.62. The highest BCUT2D eigenvalue weighted by molar-refractivity contribution is 5.51. The van der Waals surface area contributed by atoms with Crippen molar-refractivity contribution in [2.75, 3.05) is 0 Å². The molecule has 0 aliphatic rings. The van der Waals surface area contributed by atoms with Crippen molar-refractivity contribution >= 4 is 0 Å².